The van der Waals surface area contributed by atoms with Gasteiger partial charge in [-0.15, -0.1) is 0 Å². The van der Waals surface area contributed by atoms with E-state index in [1.54, 1.807) is 18.4 Å². The van der Waals surface area contributed by atoms with Gasteiger partial charge in [-0.2, -0.15) is 0 Å². The number of thiazole rings is 1. The van der Waals surface area contributed by atoms with Crippen LogP contribution in [0.2, 0.25) is 0 Å². The lowest BCUT2D eigenvalue weighted by molar-refractivity contribution is -0.651. The van der Waals surface area contributed by atoms with Gasteiger partial charge in [-0.05, 0) is 80.5 Å². The van der Waals surface area contributed by atoms with Gasteiger partial charge in [-0.25, -0.2) is 4.57 Å². The molecule has 1 aromatic heterocycles. The van der Waals surface area contributed by atoms with E-state index in [0.717, 1.165) is 39.9 Å². The second-order valence-electron chi connectivity index (χ2n) is 6.56. The SMILES string of the molecule is CCN(c1ccc(N=Nc2sc3cc(OC)ccc3[n+]2CC)cc1)C(C)C. The Morgan fingerprint density at radius 1 is 1.07 bits per heavy atom. The van der Waals surface area contributed by atoms with Crippen LogP contribution in [0.15, 0.2) is 52.7 Å². The summed E-state index contributed by atoms with van der Waals surface area (Å²) in [7, 11) is 1.69. The van der Waals surface area contributed by atoms with E-state index in [4.69, 9.17) is 4.74 Å². The van der Waals surface area contributed by atoms with Crippen molar-refractivity contribution in [2.24, 2.45) is 10.2 Å². The summed E-state index contributed by atoms with van der Waals surface area (Å²) in [6.45, 7) is 10.5. The average Bonchev–Trinajstić information content (AvgIpc) is 3.04. The Labute approximate surface area is 164 Å². The Kier molecular flexibility index (Phi) is 6.06. The molecule has 6 heteroatoms. The summed E-state index contributed by atoms with van der Waals surface area (Å²) < 4.78 is 8.65. The molecular formula is C21H27N4OS+. The van der Waals surface area contributed by atoms with Crippen LogP contribution in [0.5, 0.6) is 5.75 Å². The number of aromatic nitrogens is 1. The number of hydrogen-bond acceptors (Lipinski definition) is 5. The molecule has 0 amide bonds. The van der Waals surface area contributed by atoms with Gasteiger partial charge in [0.15, 0.2) is 0 Å². The monoisotopic (exact) mass is 383 g/mol. The van der Waals surface area contributed by atoms with Gasteiger partial charge in [0.2, 0.25) is 0 Å². The minimum atomic E-state index is 0.474. The highest BCUT2D eigenvalue weighted by molar-refractivity contribution is 7.21. The number of fused-ring (bicyclic) bond motifs is 1. The van der Waals surface area contributed by atoms with Crippen LogP contribution >= 0.6 is 11.3 Å². The first-order valence-electron chi connectivity index (χ1n) is 9.36. The van der Waals surface area contributed by atoms with Crippen molar-refractivity contribution in [2.75, 3.05) is 18.6 Å². The summed E-state index contributed by atoms with van der Waals surface area (Å²) in [5.74, 6) is 0.858. The number of benzene rings is 2. The maximum absolute atomic E-state index is 5.33. The summed E-state index contributed by atoms with van der Waals surface area (Å²) in [4.78, 5) is 2.35. The van der Waals surface area contributed by atoms with Crippen LogP contribution in [0.25, 0.3) is 10.2 Å². The zero-order chi connectivity index (χ0) is 19.4. The minimum absolute atomic E-state index is 0.474. The zero-order valence-corrected chi connectivity index (χ0v) is 17.5. The fraction of sp³-hybridized carbons (Fsp3) is 0.381. The topological polar surface area (TPSA) is 41.1 Å². The zero-order valence-electron chi connectivity index (χ0n) is 16.6. The number of rotatable bonds is 7. The Morgan fingerprint density at radius 3 is 2.41 bits per heavy atom. The van der Waals surface area contributed by atoms with Crippen molar-refractivity contribution in [3.8, 4) is 5.75 Å². The fourth-order valence-electron chi connectivity index (χ4n) is 3.22. The standard InChI is InChI=1S/C21H27N4OS/c1-6-24(15(3)4)17-10-8-16(9-11-17)22-23-21-25(7-2)19-13-12-18(26-5)14-20(19)27-21/h8-15H,6-7H2,1-5H3/q+1. The summed E-state index contributed by atoms with van der Waals surface area (Å²) in [5.41, 5.74) is 3.23. The Morgan fingerprint density at radius 2 is 1.81 bits per heavy atom. The molecule has 3 aromatic rings. The number of ether oxygens (including phenoxy) is 1. The number of aryl methyl sites for hydroxylation is 1. The van der Waals surface area contributed by atoms with Crippen molar-refractivity contribution in [1.29, 1.82) is 0 Å². The van der Waals surface area contributed by atoms with Crippen LogP contribution in [0.3, 0.4) is 0 Å². The molecule has 0 fully saturated rings. The van der Waals surface area contributed by atoms with E-state index in [9.17, 15) is 0 Å². The molecule has 0 N–H and O–H groups in total. The van der Waals surface area contributed by atoms with Crippen molar-refractivity contribution in [1.82, 2.24) is 0 Å². The van der Waals surface area contributed by atoms with E-state index < -0.39 is 0 Å². The summed E-state index contributed by atoms with van der Waals surface area (Å²) >= 11 is 1.63. The molecule has 0 saturated heterocycles. The van der Waals surface area contributed by atoms with Gasteiger partial charge in [0, 0.05) is 24.3 Å². The van der Waals surface area contributed by atoms with E-state index in [-0.39, 0.29) is 0 Å². The van der Waals surface area contributed by atoms with Crippen LogP contribution in [-0.2, 0) is 6.54 Å². The largest absolute Gasteiger partial charge is 0.497 e. The second-order valence-corrected chi connectivity index (χ2v) is 7.57. The highest BCUT2D eigenvalue weighted by Crippen LogP contribution is 2.31. The molecule has 0 aliphatic rings. The number of hydrogen-bond donors (Lipinski definition) is 0. The molecule has 0 aliphatic heterocycles. The van der Waals surface area contributed by atoms with Crippen molar-refractivity contribution >= 4 is 38.1 Å². The normalized spacial score (nSPS) is 11.6. The van der Waals surface area contributed by atoms with Crippen molar-refractivity contribution < 1.29 is 9.30 Å². The van der Waals surface area contributed by atoms with Crippen molar-refractivity contribution in [3.05, 3.63) is 42.5 Å². The van der Waals surface area contributed by atoms with Crippen LogP contribution in [0, 0.1) is 0 Å². The highest BCUT2D eigenvalue weighted by Gasteiger charge is 2.18. The number of azo groups is 1. The maximum atomic E-state index is 5.33. The van der Waals surface area contributed by atoms with E-state index in [1.165, 1.54) is 5.69 Å². The van der Waals surface area contributed by atoms with Gasteiger partial charge < -0.3 is 9.64 Å². The Bertz CT molecular complexity index is 931. The first kappa shape index (κ1) is 19.3. The predicted molar refractivity (Wildman–Crippen MR) is 113 cm³/mol. The maximum Gasteiger partial charge on any atom is 0.409 e. The van der Waals surface area contributed by atoms with Crippen LogP contribution < -0.4 is 14.2 Å². The van der Waals surface area contributed by atoms with Gasteiger partial charge in [0.1, 0.15) is 17.0 Å². The average molecular weight is 384 g/mol. The first-order valence-corrected chi connectivity index (χ1v) is 10.2. The summed E-state index contributed by atoms with van der Waals surface area (Å²) in [6, 6.07) is 14.9. The molecule has 0 atom stereocenters. The molecule has 0 aliphatic carbocycles. The molecule has 0 saturated carbocycles. The smallest absolute Gasteiger partial charge is 0.409 e. The third-order valence-corrected chi connectivity index (χ3v) is 5.63. The molecule has 1 heterocycles. The molecule has 2 aromatic carbocycles. The lowest BCUT2D eigenvalue weighted by Gasteiger charge is -2.27. The third-order valence-electron chi connectivity index (χ3n) is 4.60. The van der Waals surface area contributed by atoms with Gasteiger partial charge in [0.05, 0.1) is 23.5 Å². The first-order chi connectivity index (χ1) is 13.1. The molecule has 27 heavy (non-hydrogen) atoms. The number of methoxy groups -OCH3 is 1. The van der Waals surface area contributed by atoms with Gasteiger partial charge in [-0.3, -0.25) is 0 Å². The molecule has 5 nitrogen and oxygen atoms in total. The highest BCUT2D eigenvalue weighted by atomic mass is 32.1. The molecule has 0 spiro atoms. The van der Waals surface area contributed by atoms with Gasteiger partial charge >= 0.3 is 5.13 Å². The molecule has 0 radical (unpaired) electrons. The number of nitrogens with zero attached hydrogens (tertiary/aromatic N) is 4. The number of anilines is 1. The van der Waals surface area contributed by atoms with E-state index >= 15 is 0 Å². The van der Waals surface area contributed by atoms with Gasteiger partial charge in [-0.1, -0.05) is 0 Å². The second kappa shape index (κ2) is 8.48. The minimum Gasteiger partial charge on any atom is -0.497 e. The Hall–Kier alpha value is -2.47. The molecule has 0 unspecified atom stereocenters. The predicted octanol–water partition coefficient (Wildman–Crippen LogP) is 5.87. The summed E-state index contributed by atoms with van der Waals surface area (Å²) in [5, 5.41) is 9.87. The molecule has 0 bridgehead atoms. The summed E-state index contributed by atoms with van der Waals surface area (Å²) in [6.07, 6.45) is 0. The van der Waals surface area contributed by atoms with E-state index in [2.05, 4.69) is 65.6 Å². The van der Waals surface area contributed by atoms with Gasteiger partial charge in [0.25, 0.3) is 0 Å². The van der Waals surface area contributed by atoms with Crippen LogP contribution in [0.1, 0.15) is 27.7 Å². The van der Waals surface area contributed by atoms with Crippen LogP contribution in [0.4, 0.5) is 16.5 Å². The molecule has 142 valence electrons. The quantitative estimate of drug-likeness (QED) is 0.378. The lowest BCUT2D eigenvalue weighted by Crippen LogP contribution is -2.30. The third kappa shape index (κ3) is 4.11. The lowest BCUT2D eigenvalue weighted by atomic mass is 10.2. The van der Waals surface area contributed by atoms with E-state index in [1.807, 2.05) is 24.3 Å². The molecule has 3 rings (SSSR count). The van der Waals surface area contributed by atoms with Crippen molar-refractivity contribution in [3.63, 3.8) is 0 Å². The van der Waals surface area contributed by atoms with Crippen LogP contribution in [-0.4, -0.2) is 19.7 Å². The van der Waals surface area contributed by atoms with E-state index in [0.29, 0.717) is 6.04 Å². The molecular weight excluding hydrogens is 356 g/mol. The Balaban J connectivity index is 1.87. The van der Waals surface area contributed by atoms with Crippen molar-refractivity contribution in [2.45, 2.75) is 40.3 Å². The fourth-order valence-corrected chi connectivity index (χ4v) is 4.29.